The molecule has 0 amide bonds. The van der Waals surface area contributed by atoms with Crippen molar-refractivity contribution < 1.29 is 14.4 Å². The molecule has 4 aromatic rings. The minimum absolute atomic E-state index is 0.412. The number of hydrogen-bond acceptors (Lipinski definition) is 5. The summed E-state index contributed by atoms with van der Waals surface area (Å²) in [5.74, 6) is 2.25. The van der Waals surface area contributed by atoms with Crippen molar-refractivity contribution in [2.45, 2.75) is 19.9 Å². The van der Waals surface area contributed by atoms with E-state index < -0.39 is 0 Å². The van der Waals surface area contributed by atoms with Gasteiger partial charge in [-0.1, -0.05) is 48.5 Å². The predicted molar refractivity (Wildman–Crippen MR) is 108 cm³/mol. The van der Waals surface area contributed by atoms with Crippen molar-refractivity contribution in [1.82, 2.24) is 10.5 Å². The lowest BCUT2D eigenvalue weighted by Crippen LogP contribution is -2.06. The second-order valence-electron chi connectivity index (χ2n) is 6.63. The maximum atomic E-state index is 8.73. The van der Waals surface area contributed by atoms with Gasteiger partial charge in [0.25, 0.3) is 0 Å². The average Bonchev–Trinajstić information content (AvgIpc) is 3.09. The van der Waals surface area contributed by atoms with Crippen LogP contribution >= 0.6 is 0 Å². The number of oxazole rings is 1. The van der Waals surface area contributed by atoms with Gasteiger partial charge >= 0.3 is 0 Å². The van der Waals surface area contributed by atoms with Crippen LogP contribution in [0.15, 0.2) is 71.1 Å². The van der Waals surface area contributed by atoms with Gasteiger partial charge < -0.3 is 14.4 Å². The fourth-order valence-corrected chi connectivity index (χ4v) is 3.25. The van der Waals surface area contributed by atoms with Crippen LogP contribution in [0.5, 0.6) is 5.75 Å². The number of fused-ring (bicyclic) bond motifs is 1. The standard InChI is InChI=1S/C23H22N2O3/c1-16-22(13-14-27-19-11-9-17(10-12-19)15-24-26)25-23(28-16)21-8-4-6-18-5-2-3-7-20(18)21/h2-12,24,26H,13-15H2,1H3. The van der Waals surface area contributed by atoms with Crippen LogP contribution in [0, 0.1) is 6.92 Å². The quantitative estimate of drug-likeness (QED) is 0.450. The summed E-state index contributed by atoms with van der Waals surface area (Å²) in [6, 6.07) is 22.0. The predicted octanol–water partition coefficient (Wildman–Crippen LogP) is 4.90. The summed E-state index contributed by atoms with van der Waals surface area (Å²) in [7, 11) is 0. The second kappa shape index (κ2) is 8.25. The Kier molecular flexibility index (Phi) is 5.37. The van der Waals surface area contributed by atoms with Crippen molar-refractivity contribution in [3.63, 3.8) is 0 Å². The van der Waals surface area contributed by atoms with E-state index >= 15 is 0 Å². The lowest BCUT2D eigenvalue weighted by Gasteiger charge is -2.06. The molecule has 3 aromatic carbocycles. The van der Waals surface area contributed by atoms with Crippen molar-refractivity contribution in [1.29, 1.82) is 0 Å². The smallest absolute Gasteiger partial charge is 0.227 e. The van der Waals surface area contributed by atoms with Gasteiger partial charge in [-0.3, -0.25) is 0 Å². The molecule has 0 aliphatic heterocycles. The lowest BCUT2D eigenvalue weighted by atomic mass is 10.0. The number of hydroxylamine groups is 1. The number of aromatic nitrogens is 1. The van der Waals surface area contributed by atoms with Gasteiger partial charge in [-0.25, -0.2) is 10.5 Å². The molecule has 0 aliphatic rings. The van der Waals surface area contributed by atoms with E-state index in [2.05, 4.69) is 23.7 Å². The molecule has 5 nitrogen and oxygen atoms in total. The van der Waals surface area contributed by atoms with E-state index in [1.807, 2.05) is 55.5 Å². The molecule has 1 aromatic heterocycles. The number of benzene rings is 3. The first-order valence-electron chi connectivity index (χ1n) is 9.28. The van der Waals surface area contributed by atoms with Gasteiger partial charge in [0.1, 0.15) is 11.5 Å². The molecule has 5 heteroatoms. The van der Waals surface area contributed by atoms with Gasteiger partial charge in [-0.15, -0.1) is 0 Å². The van der Waals surface area contributed by atoms with Crippen molar-refractivity contribution in [2.24, 2.45) is 0 Å². The Morgan fingerprint density at radius 2 is 1.79 bits per heavy atom. The van der Waals surface area contributed by atoms with E-state index in [0.717, 1.165) is 33.7 Å². The summed E-state index contributed by atoms with van der Waals surface area (Å²) >= 11 is 0. The Hall–Kier alpha value is -3.15. The van der Waals surface area contributed by atoms with Crippen LogP contribution in [-0.2, 0) is 13.0 Å². The third kappa shape index (κ3) is 3.91. The van der Waals surface area contributed by atoms with Crippen molar-refractivity contribution in [3.05, 3.63) is 83.7 Å². The van der Waals surface area contributed by atoms with Crippen molar-refractivity contribution >= 4 is 10.8 Å². The highest BCUT2D eigenvalue weighted by Gasteiger charge is 2.13. The number of rotatable bonds is 7. The number of hydrogen-bond donors (Lipinski definition) is 2. The summed E-state index contributed by atoms with van der Waals surface area (Å²) in [4.78, 5) is 4.72. The van der Waals surface area contributed by atoms with Gasteiger partial charge in [0.15, 0.2) is 0 Å². The molecule has 0 atom stereocenters. The van der Waals surface area contributed by atoms with E-state index in [9.17, 15) is 0 Å². The molecule has 1 heterocycles. The zero-order valence-corrected chi connectivity index (χ0v) is 15.7. The highest BCUT2D eigenvalue weighted by Crippen LogP contribution is 2.29. The molecule has 0 spiro atoms. The molecule has 0 unspecified atom stereocenters. The third-order valence-electron chi connectivity index (χ3n) is 4.73. The van der Waals surface area contributed by atoms with Crippen LogP contribution in [0.1, 0.15) is 17.0 Å². The molecule has 4 rings (SSSR count). The van der Waals surface area contributed by atoms with Crippen molar-refractivity contribution in [3.8, 4) is 17.2 Å². The SMILES string of the molecule is Cc1oc(-c2cccc3ccccc23)nc1CCOc1ccc(CNO)cc1. The minimum atomic E-state index is 0.412. The van der Waals surface area contributed by atoms with Crippen LogP contribution in [0.3, 0.4) is 0 Å². The summed E-state index contributed by atoms with van der Waals surface area (Å²) in [5, 5.41) is 11.0. The van der Waals surface area contributed by atoms with Gasteiger partial charge in [-0.05, 0) is 41.5 Å². The monoisotopic (exact) mass is 374 g/mol. The number of aryl methyl sites for hydroxylation is 1. The molecule has 28 heavy (non-hydrogen) atoms. The van der Waals surface area contributed by atoms with Crippen LogP contribution in [0.4, 0.5) is 0 Å². The van der Waals surface area contributed by atoms with Gasteiger partial charge in [-0.2, -0.15) is 0 Å². The summed E-state index contributed by atoms with van der Waals surface area (Å²) in [6.07, 6.45) is 0.667. The maximum Gasteiger partial charge on any atom is 0.227 e. The Balaban J connectivity index is 1.46. The Labute approximate surface area is 163 Å². The molecule has 2 N–H and O–H groups in total. The first kappa shape index (κ1) is 18.2. The summed E-state index contributed by atoms with van der Waals surface area (Å²) < 4.78 is 11.8. The fourth-order valence-electron chi connectivity index (χ4n) is 3.25. The van der Waals surface area contributed by atoms with Crippen LogP contribution in [0.25, 0.3) is 22.2 Å². The molecule has 142 valence electrons. The normalized spacial score (nSPS) is 11.1. The summed E-state index contributed by atoms with van der Waals surface area (Å²) in [5.41, 5.74) is 5.04. The van der Waals surface area contributed by atoms with E-state index in [4.69, 9.17) is 19.3 Å². The first-order chi connectivity index (χ1) is 13.7. The Morgan fingerprint density at radius 3 is 2.61 bits per heavy atom. The van der Waals surface area contributed by atoms with E-state index in [-0.39, 0.29) is 0 Å². The van der Waals surface area contributed by atoms with Gasteiger partial charge in [0.2, 0.25) is 5.89 Å². The molecule has 0 saturated heterocycles. The number of nitrogens with zero attached hydrogens (tertiary/aromatic N) is 1. The molecular formula is C23H22N2O3. The third-order valence-corrected chi connectivity index (χ3v) is 4.73. The second-order valence-corrected chi connectivity index (χ2v) is 6.63. The molecular weight excluding hydrogens is 352 g/mol. The molecule has 0 radical (unpaired) electrons. The topological polar surface area (TPSA) is 67.5 Å². The first-order valence-corrected chi connectivity index (χ1v) is 9.28. The number of ether oxygens (including phenoxy) is 1. The highest BCUT2D eigenvalue weighted by atomic mass is 16.5. The molecule has 0 fully saturated rings. The highest BCUT2D eigenvalue weighted by molar-refractivity contribution is 5.94. The molecule has 0 aliphatic carbocycles. The van der Waals surface area contributed by atoms with Crippen LogP contribution in [0.2, 0.25) is 0 Å². The zero-order chi connectivity index (χ0) is 19.3. The van der Waals surface area contributed by atoms with Crippen LogP contribution < -0.4 is 10.2 Å². The van der Waals surface area contributed by atoms with Crippen molar-refractivity contribution in [2.75, 3.05) is 6.61 Å². The van der Waals surface area contributed by atoms with E-state index in [1.165, 1.54) is 5.39 Å². The summed E-state index contributed by atoms with van der Waals surface area (Å²) in [6.45, 7) is 2.86. The zero-order valence-electron chi connectivity index (χ0n) is 15.7. The van der Waals surface area contributed by atoms with E-state index in [0.29, 0.717) is 25.5 Å². The molecule has 0 saturated carbocycles. The largest absolute Gasteiger partial charge is 0.493 e. The Bertz CT molecular complexity index is 1070. The van der Waals surface area contributed by atoms with Gasteiger partial charge in [0.05, 0.1) is 12.3 Å². The Morgan fingerprint density at radius 1 is 1.00 bits per heavy atom. The maximum absolute atomic E-state index is 8.73. The van der Waals surface area contributed by atoms with E-state index in [1.54, 1.807) is 0 Å². The van der Waals surface area contributed by atoms with Crippen LogP contribution in [-0.4, -0.2) is 16.8 Å². The average molecular weight is 374 g/mol. The minimum Gasteiger partial charge on any atom is -0.493 e. The molecule has 0 bridgehead atoms. The van der Waals surface area contributed by atoms with Gasteiger partial charge in [0, 0.05) is 18.5 Å². The number of nitrogens with one attached hydrogen (secondary N) is 1. The lowest BCUT2D eigenvalue weighted by molar-refractivity contribution is 0.161. The fraction of sp³-hybridized carbons (Fsp3) is 0.174.